The van der Waals surface area contributed by atoms with Crippen LogP contribution in [0.5, 0.6) is 11.5 Å². The van der Waals surface area contributed by atoms with Gasteiger partial charge < -0.3 is 14.2 Å². The van der Waals surface area contributed by atoms with Crippen LogP contribution in [0.25, 0.3) is 5.57 Å². The van der Waals surface area contributed by atoms with E-state index in [2.05, 4.69) is 0 Å². The molecule has 0 aliphatic rings. The van der Waals surface area contributed by atoms with Crippen molar-refractivity contribution in [1.82, 2.24) is 0 Å². The fraction of sp³-hybridized carbons (Fsp3) is 0.111. The zero-order chi connectivity index (χ0) is 17.5. The van der Waals surface area contributed by atoms with Crippen molar-refractivity contribution in [2.45, 2.75) is 0 Å². The van der Waals surface area contributed by atoms with E-state index < -0.39 is 11.2 Å². The number of carbonyl (C=O) groups excluding carboxylic acids is 2. The molecule has 0 aliphatic heterocycles. The third-order valence-electron chi connectivity index (χ3n) is 3.11. The number of esters is 1. The van der Waals surface area contributed by atoms with E-state index in [4.69, 9.17) is 25.8 Å². The number of ether oxygens (including phenoxy) is 3. The lowest BCUT2D eigenvalue weighted by Crippen LogP contribution is -2.05. The first-order valence-corrected chi connectivity index (χ1v) is 7.33. The summed E-state index contributed by atoms with van der Waals surface area (Å²) in [6, 6.07) is 13.3. The Kier molecular flexibility index (Phi) is 5.98. The van der Waals surface area contributed by atoms with Crippen LogP contribution in [0.2, 0.25) is 0 Å². The summed E-state index contributed by atoms with van der Waals surface area (Å²) in [5, 5.41) is -0.580. The van der Waals surface area contributed by atoms with Gasteiger partial charge in [-0.15, -0.1) is 0 Å². The molecule has 24 heavy (non-hydrogen) atoms. The highest BCUT2D eigenvalue weighted by atomic mass is 35.5. The summed E-state index contributed by atoms with van der Waals surface area (Å²) in [6.07, 6.45) is 1.28. The molecule has 0 fully saturated rings. The van der Waals surface area contributed by atoms with Crippen LogP contribution < -0.4 is 4.74 Å². The molecule has 0 radical (unpaired) electrons. The number of carbonyl (C=O) groups is 2. The first-order valence-electron chi connectivity index (χ1n) is 6.95. The van der Waals surface area contributed by atoms with Gasteiger partial charge in [-0.3, -0.25) is 4.79 Å². The van der Waals surface area contributed by atoms with Crippen molar-refractivity contribution in [3.63, 3.8) is 0 Å². The minimum Gasteiger partial charge on any atom is -0.503 e. The van der Waals surface area contributed by atoms with E-state index in [1.807, 2.05) is 0 Å². The van der Waals surface area contributed by atoms with Gasteiger partial charge >= 0.3 is 5.97 Å². The molecule has 0 atom stereocenters. The number of para-hydroxylation sites is 1. The number of rotatable bonds is 6. The summed E-state index contributed by atoms with van der Waals surface area (Å²) < 4.78 is 15.5. The van der Waals surface area contributed by atoms with Crippen molar-refractivity contribution in [2.24, 2.45) is 0 Å². The molecular formula is C18H15ClO5. The smallest absolute Gasteiger partial charge is 0.341 e. The lowest BCUT2D eigenvalue weighted by atomic mass is 10.1. The van der Waals surface area contributed by atoms with Crippen molar-refractivity contribution in [1.29, 1.82) is 0 Å². The molecule has 5 nitrogen and oxygen atoms in total. The molecule has 0 aliphatic carbocycles. The molecular weight excluding hydrogens is 332 g/mol. The molecule has 0 N–H and O–H groups in total. The highest BCUT2D eigenvalue weighted by Gasteiger charge is 2.18. The highest BCUT2D eigenvalue weighted by Crippen LogP contribution is 2.31. The van der Waals surface area contributed by atoms with Crippen LogP contribution in [0.4, 0.5) is 0 Å². The maximum atomic E-state index is 12.0. The van der Waals surface area contributed by atoms with Crippen LogP contribution in [0.3, 0.4) is 0 Å². The van der Waals surface area contributed by atoms with Crippen LogP contribution in [0, 0.1) is 0 Å². The van der Waals surface area contributed by atoms with Gasteiger partial charge in [0.05, 0.1) is 20.5 Å². The van der Waals surface area contributed by atoms with Gasteiger partial charge in [0.15, 0.2) is 0 Å². The SMILES string of the molecule is CO/C=C(/C(=O)OC)c1ccccc1Oc1cccc(C(=O)Cl)c1. The first kappa shape index (κ1) is 17.6. The predicted molar refractivity (Wildman–Crippen MR) is 90.1 cm³/mol. The lowest BCUT2D eigenvalue weighted by Gasteiger charge is -2.13. The molecule has 2 rings (SSSR count). The number of benzene rings is 2. The molecule has 6 heteroatoms. The minimum absolute atomic E-state index is 0.208. The van der Waals surface area contributed by atoms with Gasteiger partial charge in [0.2, 0.25) is 0 Å². The molecule has 0 saturated carbocycles. The van der Waals surface area contributed by atoms with Gasteiger partial charge in [-0.2, -0.15) is 0 Å². The molecule has 0 amide bonds. The maximum Gasteiger partial charge on any atom is 0.341 e. The predicted octanol–water partition coefficient (Wildman–Crippen LogP) is 4.02. The van der Waals surface area contributed by atoms with E-state index in [0.29, 0.717) is 22.6 Å². The Morgan fingerprint density at radius 3 is 2.46 bits per heavy atom. The number of halogens is 1. The Bertz CT molecular complexity index is 782. The second-order valence-electron chi connectivity index (χ2n) is 4.66. The van der Waals surface area contributed by atoms with Crippen LogP contribution in [-0.2, 0) is 14.3 Å². The second kappa shape index (κ2) is 8.17. The van der Waals surface area contributed by atoms with Crippen LogP contribution in [-0.4, -0.2) is 25.4 Å². The van der Waals surface area contributed by atoms with Gasteiger partial charge in [-0.05, 0) is 35.9 Å². The van der Waals surface area contributed by atoms with Crippen LogP contribution in [0.15, 0.2) is 54.8 Å². The zero-order valence-electron chi connectivity index (χ0n) is 13.1. The Balaban J connectivity index is 2.42. The normalized spacial score (nSPS) is 10.9. The Labute approximate surface area is 144 Å². The number of hydrogen-bond donors (Lipinski definition) is 0. The molecule has 0 aromatic heterocycles. The Morgan fingerprint density at radius 1 is 1.04 bits per heavy atom. The molecule has 0 heterocycles. The summed E-state index contributed by atoms with van der Waals surface area (Å²) in [7, 11) is 2.72. The van der Waals surface area contributed by atoms with E-state index in [-0.39, 0.29) is 5.57 Å². The summed E-state index contributed by atoms with van der Waals surface area (Å²) in [5.74, 6) is 0.263. The molecule has 0 spiro atoms. The number of hydrogen-bond acceptors (Lipinski definition) is 5. The standard InChI is InChI=1S/C18H15ClO5/c1-22-11-15(18(21)23-2)14-8-3-4-9-16(14)24-13-7-5-6-12(10-13)17(19)20/h3-11H,1-2H3/b15-11+. The summed E-state index contributed by atoms with van der Waals surface area (Å²) in [6.45, 7) is 0. The first-order chi connectivity index (χ1) is 11.6. The Morgan fingerprint density at radius 2 is 1.79 bits per heavy atom. The molecule has 2 aromatic rings. The average Bonchev–Trinajstić information content (AvgIpc) is 2.60. The van der Waals surface area contributed by atoms with E-state index in [1.54, 1.807) is 42.5 Å². The van der Waals surface area contributed by atoms with Crippen molar-refractivity contribution in [3.05, 3.63) is 65.9 Å². The van der Waals surface area contributed by atoms with Crippen molar-refractivity contribution < 1.29 is 23.8 Å². The van der Waals surface area contributed by atoms with E-state index in [1.165, 1.54) is 26.5 Å². The fourth-order valence-corrected chi connectivity index (χ4v) is 2.15. The Hall–Kier alpha value is -2.79. The van der Waals surface area contributed by atoms with Crippen molar-refractivity contribution in [3.8, 4) is 11.5 Å². The topological polar surface area (TPSA) is 61.8 Å². The molecule has 124 valence electrons. The minimum atomic E-state index is -0.580. The maximum absolute atomic E-state index is 12.0. The van der Waals surface area contributed by atoms with Gasteiger partial charge in [0.25, 0.3) is 5.24 Å². The van der Waals surface area contributed by atoms with Crippen LogP contribution in [0.1, 0.15) is 15.9 Å². The van der Waals surface area contributed by atoms with E-state index in [0.717, 1.165) is 0 Å². The van der Waals surface area contributed by atoms with Crippen molar-refractivity contribution >= 4 is 28.4 Å². The van der Waals surface area contributed by atoms with Gasteiger partial charge in [0.1, 0.15) is 17.1 Å². The van der Waals surface area contributed by atoms with Crippen molar-refractivity contribution in [2.75, 3.05) is 14.2 Å². The van der Waals surface area contributed by atoms with Crippen LogP contribution >= 0.6 is 11.6 Å². The average molecular weight is 347 g/mol. The second-order valence-corrected chi connectivity index (χ2v) is 5.00. The molecule has 0 bridgehead atoms. The fourth-order valence-electron chi connectivity index (χ4n) is 2.04. The van der Waals surface area contributed by atoms with Gasteiger partial charge in [0, 0.05) is 11.1 Å². The summed E-state index contributed by atoms with van der Waals surface area (Å²) in [5.41, 5.74) is 1.02. The summed E-state index contributed by atoms with van der Waals surface area (Å²) >= 11 is 5.48. The molecule has 0 saturated heterocycles. The quantitative estimate of drug-likeness (QED) is 0.342. The van der Waals surface area contributed by atoms with E-state index in [9.17, 15) is 9.59 Å². The monoisotopic (exact) mass is 346 g/mol. The van der Waals surface area contributed by atoms with Gasteiger partial charge in [-0.1, -0.05) is 24.3 Å². The zero-order valence-corrected chi connectivity index (χ0v) is 13.9. The highest BCUT2D eigenvalue weighted by molar-refractivity contribution is 6.67. The molecule has 2 aromatic carbocycles. The lowest BCUT2D eigenvalue weighted by molar-refractivity contribution is -0.133. The van der Waals surface area contributed by atoms with Gasteiger partial charge in [-0.25, -0.2) is 4.79 Å². The number of methoxy groups -OCH3 is 2. The largest absolute Gasteiger partial charge is 0.503 e. The third kappa shape index (κ3) is 4.14. The summed E-state index contributed by atoms with van der Waals surface area (Å²) in [4.78, 5) is 23.2. The molecule has 0 unspecified atom stereocenters. The third-order valence-corrected chi connectivity index (χ3v) is 3.33. The van der Waals surface area contributed by atoms with E-state index >= 15 is 0 Å².